The van der Waals surface area contributed by atoms with Gasteiger partial charge in [-0.2, -0.15) is 0 Å². The van der Waals surface area contributed by atoms with Crippen molar-refractivity contribution in [1.29, 1.82) is 0 Å². The molecular formula is C47H31N5. The molecule has 0 radical (unpaired) electrons. The third-order valence-corrected chi connectivity index (χ3v) is 9.85. The van der Waals surface area contributed by atoms with Crippen molar-refractivity contribution >= 4 is 60.7 Å². The fourth-order valence-corrected chi connectivity index (χ4v) is 7.38. The van der Waals surface area contributed by atoms with Gasteiger partial charge in [0.25, 0.3) is 0 Å². The summed E-state index contributed by atoms with van der Waals surface area (Å²) in [5.41, 5.74) is 12.1. The van der Waals surface area contributed by atoms with E-state index < -0.39 is 0 Å². The minimum atomic E-state index is 0.857. The number of fused-ring (bicyclic) bond motifs is 5. The van der Waals surface area contributed by atoms with Crippen LogP contribution >= 0.6 is 0 Å². The lowest BCUT2D eigenvalue weighted by molar-refractivity contribution is 1.17. The van der Waals surface area contributed by atoms with Gasteiger partial charge in [0.1, 0.15) is 0 Å². The lowest BCUT2D eigenvalue weighted by Crippen LogP contribution is -2.10. The third kappa shape index (κ3) is 5.07. The summed E-state index contributed by atoms with van der Waals surface area (Å²) in [7, 11) is 0. The summed E-state index contributed by atoms with van der Waals surface area (Å²) in [5.74, 6) is 0. The number of benzene rings is 7. The Bertz CT molecular complexity index is 2840. The predicted octanol–water partition coefficient (Wildman–Crippen LogP) is 12.1. The lowest BCUT2D eigenvalue weighted by atomic mass is 10.0. The van der Waals surface area contributed by atoms with Gasteiger partial charge in [-0.25, -0.2) is 9.97 Å². The fraction of sp³-hybridized carbons (Fsp3) is 0. The average Bonchev–Trinajstić information content (AvgIpc) is 3.56. The van der Waals surface area contributed by atoms with Gasteiger partial charge in [-0.1, -0.05) is 97.1 Å². The van der Waals surface area contributed by atoms with Crippen molar-refractivity contribution in [3.63, 3.8) is 0 Å². The molecule has 0 aliphatic heterocycles. The molecule has 0 N–H and O–H groups in total. The molecule has 0 amide bonds. The number of para-hydroxylation sites is 4. The van der Waals surface area contributed by atoms with Gasteiger partial charge in [0.15, 0.2) is 0 Å². The van der Waals surface area contributed by atoms with E-state index in [0.29, 0.717) is 0 Å². The summed E-state index contributed by atoms with van der Waals surface area (Å²) in [6, 6.07) is 61.7. The van der Waals surface area contributed by atoms with E-state index in [2.05, 4.69) is 142 Å². The topological polar surface area (TPSA) is 46.8 Å². The summed E-state index contributed by atoms with van der Waals surface area (Å²) in [4.78, 5) is 16.9. The van der Waals surface area contributed by atoms with Crippen molar-refractivity contribution in [2.75, 3.05) is 4.90 Å². The van der Waals surface area contributed by atoms with Crippen LogP contribution in [0.2, 0.25) is 0 Å². The van der Waals surface area contributed by atoms with Crippen LogP contribution in [-0.4, -0.2) is 19.5 Å². The Morgan fingerprint density at radius 2 is 0.962 bits per heavy atom. The SMILES string of the molecule is c1ccc(-c2nc3ccccc3nc2-c2ccc(N(c3ccc(-n4c5ccccc5c5ccccc54)cc3)c3ccc4ccncc4c3)cc2)cc1. The first-order valence-electron chi connectivity index (χ1n) is 17.4. The van der Waals surface area contributed by atoms with E-state index in [0.717, 1.165) is 67.1 Å². The molecular weight excluding hydrogens is 635 g/mol. The fourth-order valence-electron chi connectivity index (χ4n) is 7.38. The van der Waals surface area contributed by atoms with Crippen LogP contribution < -0.4 is 4.90 Å². The predicted molar refractivity (Wildman–Crippen MR) is 215 cm³/mol. The van der Waals surface area contributed by atoms with E-state index in [1.807, 2.05) is 60.9 Å². The Hall–Kier alpha value is -7.11. The van der Waals surface area contributed by atoms with Crippen LogP contribution in [0.15, 0.2) is 188 Å². The molecule has 0 aliphatic rings. The molecule has 7 aromatic carbocycles. The number of pyridine rings is 1. The van der Waals surface area contributed by atoms with Gasteiger partial charge in [0, 0.05) is 62.4 Å². The highest BCUT2D eigenvalue weighted by molar-refractivity contribution is 6.09. The minimum absolute atomic E-state index is 0.857. The molecule has 0 saturated carbocycles. The number of hydrogen-bond acceptors (Lipinski definition) is 4. The van der Waals surface area contributed by atoms with Crippen LogP contribution in [0.1, 0.15) is 0 Å². The van der Waals surface area contributed by atoms with Gasteiger partial charge in [0.05, 0.1) is 33.5 Å². The molecule has 0 spiro atoms. The van der Waals surface area contributed by atoms with Crippen molar-refractivity contribution in [2.24, 2.45) is 0 Å². The van der Waals surface area contributed by atoms with Crippen LogP contribution in [0, 0.1) is 0 Å². The van der Waals surface area contributed by atoms with Crippen molar-refractivity contribution in [3.05, 3.63) is 188 Å². The summed E-state index contributed by atoms with van der Waals surface area (Å²) in [6.07, 6.45) is 3.76. The first-order chi connectivity index (χ1) is 25.8. The molecule has 0 unspecified atom stereocenters. The van der Waals surface area contributed by atoms with E-state index in [1.54, 1.807) is 0 Å². The zero-order chi connectivity index (χ0) is 34.4. The highest BCUT2D eigenvalue weighted by Crippen LogP contribution is 2.39. The van der Waals surface area contributed by atoms with E-state index in [1.165, 1.54) is 21.8 Å². The second-order valence-electron chi connectivity index (χ2n) is 13.0. The molecule has 10 aromatic rings. The van der Waals surface area contributed by atoms with Gasteiger partial charge in [0.2, 0.25) is 0 Å². The van der Waals surface area contributed by atoms with Crippen LogP contribution in [0.5, 0.6) is 0 Å². The maximum absolute atomic E-state index is 5.14. The summed E-state index contributed by atoms with van der Waals surface area (Å²) < 4.78 is 2.35. The molecule has 0 bridgehead atoms. The van der Waals surface area contributed by atoms with Gasteiger partial charge in [-0.15, -0.1) is 0 Å². The number of rotatable bonds is 6. The minimum Gasteiger partial charge on any atom is -0.310 e. The molecule has 0 fully saturated rings. The first-order valence-corrected chi connectivity index (χ1v) is 17.4. The smallest absolute Gasteiger partial charge is 0.0973 e. The Labute approximate surface area is 300 Å². The highest BCUT2D eigenvalue weighted by Gasteiger charge is 2.18. The quantitative estimate of drug-likeness (QED) is 0.177. The van der Waals surface area contributed by atoms with Crippen LogP contribution in [0.25, 0.3) is 71.8 Å². The monoisotopic (exact) mass is 665 g/mol. The molecule has 52 heavy (non-hydrogen) atoms. The molecule has 3 heterocycles. The first kappa shape index (κ1) is 29.8. The molecule has 5 heteroatoms. The number of anilines is 3. The van der Waals surface area contributed by atoms with Crippen LogP contribution in [0.3, 0.4) is 0 Å². The molecule has 5 nitrogen and oxygen atoms in total. The lowest BCUT2D eigenvalue weighted by Gasteiger charge is -2.26. The van der Waals surface area contributed by atoms with Crippen LogP contribution in [-0.2, 0) is 0 Å². The third-order valence-electron chi connectivity index (χ3n) is 9.85. The van der Waals surface area contributed by atoms with Crippen molar-refractivity contribution < 1.29 is 0 Å². The highest BCUT2D eigenvalue weighted by atomic mass is 15.1. The molecule has 244 valence electrons. The number of aromatic nitrogens is 4. The summed E-state index contributed by atoms with van der Waals surface area (Å²) in [5, 5.41) is 4.74. The van der Waals surface area contributed by atoms with E-state index in [4.69, 9.17) is 9.97 Å². The second kappa shape index (κ2) is 12.3. The Morgan fingerprint density at radius 1 is 0.423 bits per heavy atom. The van der Waals surface area contributed by atoms with Crippen LogP contribution in [0.4, 0.5) is 17.1 Å². The largest absolute Gasteiger partial charge is 0.310 e. The maximum atomic E-state index is 5.14. The zero-order valence-corrected chi connectivity index (χ0v) is 28.1. The maximum Gasteiger partial charge on any atom is 0.0973 e. The Kier molecular flexibility index (Phi) is 7.07. The zero-order valence-electron chi connectivity index (χ0n) is 28.1. The summed E-state index contributed by atoms with van der Waals surface area (Å²) >= 11 is 0. The standard InChI is InChI=1S/C47H31N5/c1-2-10-33(11-3-1)46-47(50-43-15-7-6-14-42(43)49-46)34-19-21-36(22-20-34)51(39-23-18-32-28-29-48-31-35(32)30-39)37-24-26-38(27-25-37)52-44-16-8-4-12-40(44)41-13-5-9-17-45(41)52/h1-31H. The van der Waals surface area contributed by atoms with E-state index >= 15 is 0 Å². The van der Waals surface area contributed by atoms with Gasteiger partial charge < -0.3 is 9.47 Å². The molecule has 10 rings (SSSR count). The number of hydrogen-bond donors (Lipinski definition) is 0. The van der Waals surface area contributed by atoms with Crippen molar-refractivity contribution in [3.8, 4) is 28.2 Å². The Morgan fingerprint density at radius 3 is 1.62 bits per heavy atom. The second-order valence-corrected chi connectivity index (χ2v) is 13.0. The van der Waals surface area contributed by atoms with Gasteiger partial charge in [-0.3, -0.25) is 4.98 Å². The van der Waals surface area contributed by atoms with E-state index in [-0.39, 0.29) is 0 Å². The van der Waals surface area contributed by atoms with E-state index in [9.17, 15) is 0 Å². The number of nitrogens with zero attached hydrogens (tertiary/aromatic N) is 5. The van der Waals surface area contributed by atoms with Crippen molar-refractivity contribution in [2.45, 2.75) is 0 Å². The summed E-state index contributed by atoms with van der Waals surface area (Å²) in [6.45, 7) is 0. The molecule has 0 saturated heterocycles. The van der Waals surface area contributed by atoms with Gasteiger partial charge >= 0.3 is 0 Å². The molecule has 0 atom stereocenters. The normalized spacial score (nSPS) is 11.5. The average molecular weight is 666 g/mol. The van der Waals surface area contributed by atoms with Gasteiger partial charge in [-0.05, 0) is 84.2 Å². The Balaban J connectivity index is 1.10. The van der Waals surface area contributed by atoms with Crippen molar-refractivity contribution in [1.82, 2.24) is 19.5 Å². The molecule has 0 aliphatic carbocycles. The molecule has 3 aromatic heterocycles.